The molecule has 0 aliphatic rings. The topological polar surface area (TPSA) is 75.1 Å². The minimum absolute atomic E-state index is 0.232. The average Bonchev–Trinajstić information content (AvgIpc) is 2.58. The van der Waals surface area contributed by atoms with Gasteiger partial charge in [0.1, 0.15) is 12.1 Å². The predicted molar refractivity (Wildman–Crippen MR) is 88.9 cm³/mol. The predicted octanol–water partition coefficient (Wildman–Crippen LogP) is 3.89. The lowest BCUT2D eigenvalue weighted by Crippen LogP contribution is -2.01. The van der Waals surface area contributed by atoms with Crippen LogP contribution >= 0.6 is 0 Å². The lowest BCUT2D eigenvalue weighted by Gasteiger charge is -2.10. The van der Waals surface area contributed by atoms with Crippen molar-refractivity contribution in [2.24, 2.45) is 0 Å². The molecule has 23 heavy (non-hydrogen) atoms. The molecule has 114 valence electrons. The molecule has 3 rings (SSSR count). The number of benzene rings is 2. The van der Waals surface area contributed by atoms with Crippen LogP contribution in [-0.2, 0) is 0 Å². The fourth-order valence-corrected chi connectivity index (χ4v) is 2.22. The normalized spacial score (nSPS) is 10.3. The molecule has 2 N–H and O–H groups in total. The number of rotatable bonds is 4. The van der Waals surface area contributed by atoms with Crippen molar-refractivity contribution in [1.82, 2.24) is 9.97 Å². The van der Waals surface area contributed by atoms with E-state index in [1.165, 1.54) is 6.33 Å². The van der Waals surface area contributed by atoms with Crippen LogP contribution in [0.2, 0.25) is 0 Å². The fraction of sp³-hybridized carbons (Fsp3) is 0.0556. The van der Waals surface area contributed by atoms with E-state index in [4.69, 9.17) is 5.11 Å². The molecule has 0 saturated heterocycles. The highest BCUT2D eigenvalue weighted by Gasteiger charge is 2.08. The van der Waals surface area contributed by atoms with Crippen molar-refractivity contribution >= 4 is 17.5 Å². The quantitative estimate of drug-likeness (QED) is 0.764. The van der Waals surface area contributed by atoms with Crippen LogP contribution in [0, 0.1) is 6.92 Å². The van der Waals surface area contributed by atoms with Crippen LogP contribution < -0.4 is 5.32 Å². The second kappa shape index (κ2) is 6.27. The van der Waals surface area contributed by atoms with E-state index in [-0.39, 0.29) is 5.56 Å². The zero-order chi connectivity index (χ0) is 16.2. The Hall–Kier alpha value is -3.21. The Kier molecular flexibility index (Phi) is 4.01. The number of carboxylic acid groups (broad SMARTS) is 1. The van der Waals surface area contributed by atoms with E-state index in [1.54, 1.807) is 18.2 Å². The number of hydrogen-bond donors (Lipinski definition) is 2. The van der Waals surface area contributed by atoms with Gasteiger partial charge in [0.2, 0.25) is 0 Å². The maximum atomic E-state index is 11.1. The van der Waals surface area contributed by atoms with Crippen molar-refractivity contribution < 1.29 is 9.90 Å². The van der Waals surface area contributed by atoms with Crippen molar-refractivity contribution in [3.63, 3.8) is 0 Å². The molecule has 0 aliphatic heterocycles. The zero-order valence-corrected chi connectivity index (χ0v) is 12.5. The van der Waals surface area contributed by atoms with Crippen molar-refractivity contribution in [2.45, 2.75) is 6.92 Å². The van der Waals surface area contributed by atoms with Crippen molar-refractivity contribution in [2.75, 3.05) is 5.32 Å². The van der Waals surface area contributed by atoms with Gasteiger partial charge in [0.25, 0.3) is 0 Å². The summed E-state index contributed by atoms with van der Waals surface area (Å²) in [5, 5.41) is 12.3. The van der Waals surface area contributed by atoms with E-state index < -0.39 is 5.97 Å². The first kappa shape index (κ1) is 14.7. The third-order valence-electron chi connectivity index (χ3n) is 3.48. The number of aromatic carboxylic acids is 1. The van der Waals surface area contributed by atoms with Gasteiger partial charge in [-0.2, -0.15) is 0 Å². The van der Waals surface area contributed by atoms with Gasteiger partial charge in [-0.1, -0.05) is 36.4 Å². The van der Waals surface area contributed by atoms with Crippen molar-refractivity contribution in [3.8, 4) is 11.3 Å². The SMILES string of the molecule is Cc1ccc(C(=O)O)cc1Nc1cc(-c2ccccc2)ncn1. The number of nitrogens with one attached hydrogen (secondary N) is 1. The first-order valence-corrected chi connectivity index (χ1v) is 7.12. The van der Waals surface area contributed by atoms with Gasteiger partial charge in [-0.15, -0.1) is 0 Å². The molecule has 0 spiro atoms. The van der Waals surface area contributed by atoms with Gasteiger partial charge in [-0.3, -0.25) is 0 Å². The summed E-state index contributed by atoms with van der Waals surface area (Å²) in [5.41, 5.74) is 3.68. The number of hydrogen-bond acceptors (Lipinski definition) is 4. The van der Waals surface area contributed by atoms with Crippen molar-refractivity contribution in [3.05, 3.63) is 72.1 Å². The van der Waals surface area contributed by atoms with Crippen LogP contribution in [0.25, 0.3) is 11.3 Å². The van der Waals surface area contributed by atoms with Gasteiger partial charge in [0.05, 0.1) is 11.3 Å². The number of nitrogens with zero attached hydrogens (tertiary/aromatic N) is 2. The molecule has 0 atom stereocenters. The molecule has 1 heterocycles. The first-order chi connectivity index (χ1) is 11.1. The summed E-state index contributed by atoms with van der Waals surface area (Å²) in [6, 6.07) is 16.6. The first-order valence-electron chi connectivity index (χ1n) is 7.12. The van der Waals surface area contributed by atoms with Gasteiger partial charge in [0.15, 0.2) is 0 Å². The summed E-state index contributed by atoms with van der Waals surface area (Å²) >= 11 is 0. The molecule has 0 amide bonds. The fourth-order valence-electron chi connectivity index (χ4n) is 2.22. The van der Waals surface area contributed by atoms with Gasteiger partial charge < -0.3 is 10.4 Å². The molecule has 0 radical (unpaired) electrons. The van der Waals surface area contributed by atoms with Gasteiger partial charge in [-0.25, -0.2) is 14.8 Å². The molecular formula is C18H15N3O2. The van der Waals surface area contributed by atoms with E-state index in [1.807, 2.05) is 43.3 Å². The Labute approximate surface area is 133 Å². The second-order valence-electron chi connectivity index (χ2n) is 5.11. The molecule has 5 heteroatoms. The Bertz CT molecular complexity index is 848. The van der Waals surface area contributed by atoms with E-state index in [0.717, 1.165) is 16.8 Å². The highest BCUT2D eigenvalue weighted by Crippen LogP contribution is 2.23. The van der Waals surface area contributed by atoms with Gasteiger partial charge in [0, 0.05) is 17.3 Å². The lowest BCUT2D eigenvalue weighted by molar-refractivity contribution is 0.0697. The van der Waals surface area contributed by atoms with Crippen LogP contribution in [0.5, 0.6) is 0 Å². The summed E-state index contributed by atoms with van der Waals surface area (Å²) in [6.45, 7) is 1.91. The third kappa shape index (κ3) is 3.35. The van der Waals surface area contributed by atoms with Crippen LogP contribution in [0.15, 0.2) is 60.9 Å². The smallest absolute Gasteiger partial charge is 0.335 e. The minimum atomic E-state index is -0.958. The molecule has 3 aromatic rings. The summed E-state index contributed by atoms with van der Waals surface area (Å²) in [6.07, 6.45) is 1.49. The molecule has 0 aliphatic carbocycles. The number of carboxylic acids is 1. The Balaban J connectivity index is 1.92. The van der Waals surface area contributed by atoms with Crippen LogP contribution in [-0.4, -0.2) is 21.0 Å². The van der Waals surface area contributed by atoms with E-state index in [2.05, 4.69) is 15.3 Å². The van der Waals surface area contributed by atoms with Crippen LogP contribution in [0.1, 0.15) is 15.9 Å². The Morgan fingerprint density at radius 3 is 2.57 bits per heavy atom. The monoisotopic (exact) mass is 305 g/mol. The number of anilines is 2. The van der Waals surface area contributed by atoms with Crippen LogP contribution in [0.3, 0.4) is 0 Å². The molecule has 2 aromatic carbocycles. The lowest BCUT2D eigenvalue weighted by atomic mass is 10.1. The summed E-state index contributed by atoms with van der Waals surface area (Å²) < 4.78 is 0. The maximum Gasteiger partial charge on any atom is 0.335 e. The van der Waals surface area contributed by atoms with E-state index >= 15 is 0 Å². The third-order valence-corrected chi connectivity index (χ3v) is 3.48. The largest absolute Gasteiger partial charge is 0.478 e. The number of aromatic nitrogens is 2. The molecule has 0 saturated carbocycles. The maximum absolute atomic E-state index is 11.1. The summed E-state index contributed by atoms with van der Waals surface area (Å²) in [5.74, 6) is -0.342. The zero-order valence-electron chi connectivity index (χ0n) is 12.5. The number of carbonyl (C=O) groups is 1. The minimum Gasteiger partial charge on any atom is -0.478 e. The van der Waals surface area contributed by atoms with Crippen LogP contribution in [0.4, 0.5) is 11.5 Å². The van der Waals surface area contributed by atoms with Gasteiger partial charge >= 0.3 is 5.97 Å². The van der Waals surface area contributed by atoms with Crippen molar-refractivity contribution in [1.29, 1.82) is 0 Å². The number of aryl methyl sites for hydroxylation is 1. The highest BCUT2D eigenvalue weighted by molar-refractivity contribution is 5.89. The average molecular weight is 305 g/mol. The highest BCUT2D eigenvalue weighted by atomic mass is 16.4. The molecule has 5 nitrogen and oxygen atoms in total. The molecule has 0 bridgehead atoms. The Morgan fingerprint density at radius 2 is 1.83 bits per heavy atom. The molecule has 1 aromatic heterocycles. The standard InChI is InChI=1S/C18H15N3O2/c1-12-7-8-14(18(22)23)9-15(12)21-17-10-16(19-11-20-17)13-5-3-2-4-6-13/h2-11H,1H3,(H,22,23)(H,19,20,21). The molecular weight excluding hydrogens is 290 g/mol. The molecule has 0 unspecified atom stereocenters. The summed E-state index contributed by atoms with van der Waals surface area (Å²) in [4.78, 5) is 19.6. The summed E-state index contributed by atoms with van der Waals surface area (Å²) in [7, 11) is 0. The molecule has 0 fully saturated rings. The van der Waals surface area contributed by atoms with E-state index in [9.17, 15) is 4.79 Å². The Morgan fingerprint density at radius 1 is 1.04 bits per heavy atom. The van der Waals surface area contributed by atoms with Gasteiger partial charge in [-0.05, 0) is 24.6 Å². The van der Waals surface area contributed by atoms with E-state index in [0.29, 0.717) is 11.5 Å². The second-order valence-corrected chi connectivity index (χ2v) is 5.11.